The van der Waals surface area contributed by atoms with E-state index in [0.717, 1.165) is 5.56 Å². The van der Waals surface area contributed by atoms with Gasteiger partial charge in [0.25, 0.3) is 5.91 Å². The second kappa shape index (κ2) is 6.81. The molecule has 0 saturated heterocycles. The average Bonchev–Trinajstić information content (AvgIpc) is 2.96. The van der Waals surface area contributed by atoms with Gasteiger partial charge in [0, 0.05) is 19.5 Å². The minimum atomic E-state index is -0.279. The molecule has 0 spiro atoms. The summed E-state index contributed by atoms with van der Waals surface area (Å²) in [5.41, 5.74) is 1.00. The zero-order chi connectivity index (χ0) is 14.4. The number of nitrogens with one attached hydrogen (secondary N) is 1. The summed E-state index contributed by atoms with van der Waals surface area (Å²) in [6.07, 6.45) is 0.693. The van der Waals surface area contributed by atoms with Crippen LogP contribution < -0.4 is 0 Å². The Bertz CT molecular complexity index is 553. The van der Waals surface area contributed by atoms with Crippen molar-refractivity contribution in [2.75, 3.05) is 13.2 Å². The summed E-state index contributed by atoms with van der Waals surface area (Å²) < 4.78 is 0. The van der Waals surface area contributed by atoms with E-state index in [9.17, 15) is 4.79 Å². The van der Waals surface area contributed by atoms with Crippen molar-refractivity contribution in [2.24, 2.45) is 0 Å². The topological polar surface area (TPSA) is 82.1 Å². The Labute approximate surface area is 117 Å². The molecule has 20 heavy (non-hydrogen) atoms. The molecule has 1 aromatic carbocycles. The quantitative estimate of drug-likeness (QED) is 0.823. The molecule has 0 atom stereocenters. The molecule has 0 aliphatic rings. The molecule has 0 aliphatic carbocycles. The van der Waals surface area contributed by atoms with Gasteiger partial charge in [0.1, 0.15) is 5.82 Å². The van der Waals surface area contributed by atoms with Crippen LogP contribution in [0.15, 0.2) is 30.3 Å². The third-order valence-electron chi connectivity index (χ3n) is 2.93. The van der Waals surface area contributed by atoms with E-state index in [1.54, 1.807) is 0 Å². The smallest absolute Gasteiger partial charge is 0.293 e. The van der Waals surface area contributed by atoms with Crippen LogP contribution in [0.25, 0.3) is 0 Å². The Morgan fingerprint density at radius 1 is 1.35 bits per heavy atom. The SMILES string of the molecule is CCc1nc(C(=O)N(CCO)Cc2ccccc2)n[nH]1. The molecule has 2 aromatic rings. The minimum Gasteiger partial charge on any atom is -0.395 e. The number of aliphatic hydroxyl groups is 1. The first-order chi connectivity index (χ1) is 9.74. The fourth-order valence-corrected chi connectivity index (χ4v) is 1.87. The second-order valence-corrected chi connectivity index (χ2v) is 4.40. The Kier molecular flexibility index (Phi) is 4.84. The molecule has 0 aliphatic heterocycles. The van der Waals surface area contributed by atoms with Gasteiger partial charge in [0.2, 0.25) is 5.82 Å². The number of nitrogens with zero attached hydrogens (tertiary/aromatic N) is 3. The predicted octanol–water partition coefficient (Wildman–Crippen LogP) is 1.00. The van der Waals surface area contributed by atoms with Gasteiger partial charge in [-0.05, 0) is 5.56 Å². The molecule has 0 unspecified atom stereocenters. The summed E-state index contributed by atoms with van der Waals surface area (Å²) in [6.45, 7) is 2.52. The Balaban J connectivity index is 2.13. The van der Waals surface area contributed by atoms with E-state index in [4.69, 9.17) is 5.11 Å². The van der Waals surface area contributed by atoms with Crippen molar-refractivity contribution in [3.8, 4) is 0 Å². The molecular formula is C14H18N4O2. The molecule has 6 nitrogen and oxygen atoms in total. The number of aliphatic hydroxyl groups excluding tert-OH is 1. The fraction of sp³-hybridized carbons (Fsp3) is 0.357. The van der Waals surface area contributed by atoms with Gasteiger partial charge in [-0.1, -0.05) is 37.3 Å². The summed E-state index contributed by atoms with van der Waals surface area (Å²) >= 11 is 0. The summed E-state index contributed by atoms with van der Waals surface area (Å²) in [7, 11) is 0. The number of benzene rings is 1. The number of carbonyl (C=O) groups is 1. The van der Waals surface area contributed by atoms with Gasteiger partial charge in [0.15, 0.2) is 0 Å². The van der Waals surface area contributed by atoms with Crippen LogP contribution in [-0.2, 0) is 13.0 Å². The van der Waals surface area contributed by atoms with Crippen molar-refractivity contribution in [3.05, 3.63) is 47.5 Å². The second-order valence-electron chi connectivity index (χ2n) is 4.40. The van der Waals surface area contributed by atoms with Crippen molar-refractivity contribution >= 4 is 5.91 Å². The number of hydrogen-bond donors (Lipinski definition) is 2. The normalized spacial score (nSPS) is 10.5. The Morgan fingerprint density at radius 3 is 2.70 bits per heavy atom. The van der Waals surface area contributed by atoms with E-state index in [1.807, 2.05) is 37.3 Å². The number of carbonyl (C=O) groups excluding carboxylic acids is 1. The molecule has 106 valence electrons. The van der Waals surface area contributed by atoms with Gasteiger partial charge in [-0.25, -0.2) is 4.98 Å². The number of amides is 1. The summed E-state index contributed by atoms with van der Waals surface area (Å²) in [5, 5.41) is 15.8. The molecule has 1 heterocycles. The van der Waals surface area contributed by atoms with Gasteiger partial charge in [-0.3, -0.25) is 9.89 Å². The summed E-state index contributed by atoms with van der Waals surface area (Å²) in [6, 6.07) is 9.63. The standard InChI is InChI=1S/C14H18N4O2/c1-2-12-15-13(17-16-12)14(20)18(8-9-19)10-11-6-4-3-5-7-11/h3-7,19H,2,8-10H2,1H3,(H,15,16,17). The highest BCUT2D eigenvalue weighted by atomic mass is 16.3. The molecular weight excluding hydrogens is 256 g/mol. The number of aromatic amines is 1. The lowest BCUT2D eigenvalue weighted by Crippen LogP contribution is -2.33. The molecule has 2 N–H and O–H groups in total. The molecule has 2 rings (SSSR count). The van der Waals surface area contributed by atoms with Crippen LogP contribution in [0.2, 0.25) is 0 Å². The van der Waals surface area contributed by atoms with Gasteiger partial charge in [-0.15, -0.1) is 5.10 Å². The van der Waals surface area contributed by atoms with Crippen molar-refractivity contribution in [1.29, 1.82) is 0 Å². The first kappa shape index (κ1) is 14.2. The van der Waals surface area contributed by atoms with E-state index in [1.165, 1.54) is 4.90 Å². The number of hydrogen-bond acceptors (Lipinski definition) is 4. The highest BCUT2D eigenvalue weighted by molar-refractivity contribution is 5.90. The lowest BCUT2D eigenvalue weighted by molar-refractivity contribution is 0.0696. The average molecular weight is 274 g/mol. The van der Waals surface area contributed by atoms with Crippen LogP contribution in [0.1, 0.15) is 28.9 Å². The summed E-state index contributed by atoms with van der Waals surface area (Å²) in [5.74, 6) is 0.544. The number of H-pyrrole nitrogens is 1. The number of aromatic nitrogens is 3. The fourth-order valence-electron chi connectivity index (χ4n) is 1.87. The lowest BCUT2D eigenvalue weighted by atomic mass is 10.2. The highest BCUT2D eigenvalue weighted by Gasteiger charge is 2.19. The molecule has 0 saturated carbocycles. The van der Waals surface area contributed by atoms with Crippen molar-refractivity contribution < 1.29 is 9.90 Å². The Morgan fingerprint density at radius 2 is 2.10 bits per heavy atom. The third kappa shape index (κ3) is 3.42. The molecule has 1 amide bonds. The largest absolute Gasteiger partial charge is 0.395 e. The molecule has 0 radical (unpaired) electrons. The van der Waals surface area contributed by atoms with Crippen LogP contribution in [0.3, 0.4) is 0 Å². The highest BCUT2D eigenvalue weighted by Crippen LogP contribution is 2.07. The maximum absolute atomic E-state index is 12.3. The molecule has 1 aromatic heterocycles. The molecule has 6 heteroatoms. The van der Waals surface area contributed by atoms with E-state index in [-0.39, 0.29) is 24.9 Å². The van der Waals surface area contributed by atoms with Crippen LogP contribution >= 0.6 is 0 Å². The van der Waals surface area contributed by atoms with Gasteiger partial charge in [-0.2, -0.15) is 0 Å². The van der Waals surface area contributed by atoms with Gasteiger partial charge >= 0.3 is 0 Å². The summed E-state index contributed by atoms with van der Waals surface area (Å²) in [4.78, 5) is 18.0. The van der Waals surface area contributed by atoms with Crippen molar-refractivity contribution in [1.82, 2.24) is 20.1 Å². The maximum atomic E-state index is 12.3. The van der Waals surface area contributed by atoms with E-state index < -0.39 is 0 Å². The number of aryl methyl sites for hydroxylation is 1. The lowest BCUT2D eigenvalue weighted by Gasteiger charge is -2.20. The minimum absolute atomic E-state index is 0.0936. The van der Waals surface area contributed by atoms with Crippen LogP contribution in [0, 0.1) is 0 Å². The molecule has 0 bridgehead atoms. The first-order valence-corrected chi connectivity index (χ1v) is 6.60. The van der Waals surface area contributed by atoms with Crippen molar-refractivity contribution in [3.63, 3.8) is 0 Å². The zero-order valence-electron chi connectivity index (χ0n) is 11.4. The zero-order valence-corrected chi connectivity index (χ0v) is 11.4. The van der Waals surface area contributed by atoms with Gasteiger partial charge < -0.3 is 10.0 Å². The molecule has 0 fully saturated rings. The predicted molar refractivity (Wildman–Crippen MR) is 74.0 cm³/mol. The van der Waals surface area contributed by atoms with Crippen molar-refractivity contribution in [2.45, 2.75) is 19.9 Å². The monoisotopic (exact) mass is 274 g/mol. The first-order valence-electron chi connectivity index (χ1n) is 6.60. The van der Waals surface area contributed by atoms with Crippen LogP contribution in [0.4, 0.5) is 0 Å². The number of rotatable bonds is 6. The maximum Gasteiger partial charge on any atom is 0.293 e. The van der Waals surface area contributed by atoms with Gasteiger partial charge in [0.05, 0.1) is 6.61 Å². The van der Waals surface area contributed by atoms with E-state index in [0.29, 0.717) is 18.8 Å². The Hall–Kier alpha value is -2.21. The third-order valence-corrected chi connectivity index (χ3v) is 2.93. The van der Waals surface area contributed by atoms with E-state index in [2.05, 4.69) is 15.2 Å². The van der Waals surface area contributed by atoms with E-state index >= 15 is 0 Å². The van der Waals surface area contributed by atoms with Crippen LogP contribution in [0.5, 0.6) is 0 Å². The van der Waals surface area contributed by atoms with Crippen LogP contribution in [-0.4, -0.2) is 44.2 Å².